The summed E-state index contributed by atoms with van der Waals surface area (Å²) < 4.78 is 0. The van der Waals surface area contributed by atoms with E-state index in [1.807, 2.05) is 30.3 Å². The molecule has 0 unspecified atom stereocenters. The number of benzene rings is 1. The summed E-state index contributed by atoms with van der Waals surface area (Å²) in [6, 6.07) is 11.1. The first kappa shape index (κ1) is 13.9. The standard InChI is InChI=1S/C14H12ClNO2S/c15-12-4-2-1-3-11(12)9-19-8-10-5-6-16-13(7-10)14(17)18/h1-7H,8-9H2,(H,17,18). The zero-order chi connectivity index (χ0) is 13.7. The van der Waals surface area contributed by atoms with Gasteiger partial charge in [0.25, 0.3) is 0 Å². The second-order valence-electron chi connectivity index (χ2n) is 3.94. The Bertz CT molecular complexity index is 589. The minimum absolute atomic E-state index is 0.0795. The highest BCUT2D eigenvalue weighted by Crippen LogP contribution is 2.23. The van der Waals surface area contributed by atoms with Crippen LogP contribution in [0.4, 0.5) is 0 Å². The summed E-state index contributed by atoms with van der Waals surface area (Å²) in [4.78, 5) is 14.6. The summed E-state index contributed by atoms with van der Waals surface area (Å²) in [7, 11) is 0. The van der Waals surface area contributed by atoms with Crippen LogP contribution in [0.25, 0.3) is 0 Å². The fourth-order valence-electron chi connectivity index (χ4n) is 1.58. The van der Waals surface area contributed by atoms with E-state index < -0.39 is 5.97 Å². The van der Waals surface area contributed by atoms with Crippen molar-refractivity contribution in [2.45, 2.75) is 11.5 Å². The van der Waals surface area contributed by atoms with Gasteiger partial charge >= 0.3 is 5.97 Å². The summed E-state index contributed by atoms with van der Waals surface area (Å²) in [5.41, 5.74) is 2.11. The molecule has 1 aromatic carbocycles. The predicted octanol–water partition coefficient (Wildman–Crippen LogP) is 3.87. The Labute approximate surface area is 120 Å². The number of carboxylic acids is 1. The zero-order valence-electron chi connectivity index (χ0n) is 10.0. The van der Waals surface area contributed by atoms with Crippen LogP contribution in [0.5, 0.6) is 0 Å². The molecule has 0 bridgehead atoms. The molecule has 0 fully saturated rings. The number of aromatic carboxylic acids is 1. The molecular weight excluding hydrogens is 282 g/mol. The highest BCUT2D eigenvalue weighted by atomic mass is 35.5. The van der Waals surface area contributed by atoms with Gasteiger partial charge in [-0.15, -0.1) is 0 Å². The van der Waals surface area contributed by atoms with E-state index in [0.29, 0.717) is 0 Å². The number of carbonyl (C=O) groups is 1. The summed E-state index contributed by atoms with van der Waals surface area (Å²) in [6.45, 7) is 0. The first-order valence-corrected chi connectivity index (χ1v) is 7.19. The molecule has 1 heterocycles. The van der Waals surface area contributed by atoms with E-state index in [-0.39, 0.29) is 5.69 Å². The molecule has 3 nitrogen and oxygen atoms in total. The van der Waals surface area contributed by atoms with Gasteiger partial charge in [0, 0.05) is 22.7 Å². The lowest BCUT2D eigenvalue weighted by atomic mass is 10.2. The van der Waals surface area contributed by atoms with Crippen molar-refractivity contribution in [3.8, 4) is 0 Å². The number of pyridine rings is 1. The highest BCUT2D eigenvalue weighted by molar-refractivity contribution is 7.97. The molecule has 2 rings (SSSR count). The third-order valence-corrected chi connectivity index (χ3v) is 3.95. The molecule has 0 aliphatic carbocycles. The molecule has 0 spiro atoms. The average molecular weight is 294 g/mol. The average Bonchev–Trinajstić information content (AvgIpc) is 2.41. The number of nitrogens with zero attached hydrogens (tertiary/aromatic N) is 1. The van der Waals surface area contributed by atoms with Gasteiger partial charge in [-0.2, -0.15) is 11.8 Å². The van der Waals surface area contributed by atoms with Gasteiger partial charge in [0.2, 0.25) is 0 Å². The van der Waals surface area contributed by atoms with Crippen LogP contribution in [0.1, 0.15) is 21.6 Å². The second-order valence-corrected chi connectivity index (χ2v) is 5.33. The Balaban J connectivity index is 1.94. The minimum atomic E-state index is -1.00. The van der Waals surface area contributed by atoms with Crippen molar-refractivity contribution in [2.24, 2.45) is 0 Å². The van der Waals surface area contributed by atoms with E-state index in [9.17, 15) is 4.79 Å². The molecule has 0 aliphatic heterocycles. The third-order valence-electron chi connectivity index (χ3n) is 2.53. The van der Waals surface area contributed by atoms with Gasteiger partial charge in [0.15, 0.2) is 0 Å². The lowest BCUT2D eigenvalue weighted by Crippen LogP contribution is -2.00. The van der Waals surface area contributed by atoms with Gasteiger partial charge in [-0.1, -0.05) is 29.8 Å². The fourth-order valence-corrected chi connectivity index (χ4v) is 2.85. The molecule has 19 heavy (non-hydrogen) atoms. The smallest absolute Gasteiger partial charge is 0.354 e. The van der Waals surface area contributed by atoms with Crippen molar-refractivity contribution < 1.29 is 9.90 Å². The topological polar surface area (TPSA) is 50.2 Å². The van der Waals surface area contributed by atoms with Gasteiger partial charge < -0.3 is 5.11 Å². The molecule has 0 saturated carbocycles. The molecule has 2 aromatic rings. The maximum atomic E-state index is 10.8. The van der Waals surface area contributed by atoms with Crippen molar-refractivity contribution in [3.63, 3.8) is 0 Å². The molecule has 0 saturated heterocycles. The van der Waals surface area contributed by atoms with Gasteiger partial charge in [-0.3, -0.25) is 0 Å². The SMILES string of the molecule is O=C(O)c1cc(CSCc2ccccc2Cl)ccn1. The number of thioether (sulfide) groups is 1. The maximum Gasteiger partial charge on any atom is 0.354 e. The predicted molar refractivity (Wildman–Crippen MR) is 77.6 cm³/mol. The van der Waals surface area contributed by atoms with E-state index in [4.69, 9.17) is 16.7 Å². The fraction of sp³-hybridized carbons (Fsp3) is 0.143. The van der Waals surface area contributed by atoms with E-state index in [1.165, 1.54) is 6.20 Å². The number of carboxylic acid groups (broad SMARTS) is 1. The van der Waals surface area contributed by atoms with Gasteiger partial charge in [-0.05, 0) is 29.3 Å². The van der Waals surface area contributed by atoms with Crippen LogP contribution in [-0.4, -0.2) is 16.1 Å². The Morgan fingerprint density at radius 2 is 2.05 bits per heavy atom. The Kier molecular flexibility index (Phi) is 4.82. The van der Waals surface area contributed by atoms with Crippen LogP contribution < -0.4 is 0 Å². The molecule has 0 aliphatic rings. The third kappa shape index (κ3) is 3.98. The Hall–Kier alpha value is -1.52. The molecular formula is C14H12ClNO2S. The van der Waals surface area contributed by atoms with Crippen LogP contribution in [0, 0.1) is 0 Å². The molecule has 0 amide bonds. The summed E-state index contributed by atoms with van der Waals surface area (Å²) in [5.74, 6) is 0.524. The molecule has 0 atom stereocenters. The van der Waals surface area contributed by atoms with Crippen molar-refractivity contribution in [3.05, 3.63) is 64.4 Å². The summed E-state index contributed by atoms with van der Waals surface area (Å²) in [5, 5.41) is 9.62. The van der Waals surface area contributed by atoms with Crippen molar-refractivity contribution >= 4 is 29.3 Å². The number of halogens is 1. The molecule has 1 aromatic heterocycles. The van der Waals surface area contributed by atoms with E-state index in [0.717, 1.165) is 27.7 Å². The number of aromatic nitrogens is 1. The van der Waals surface area contributed by atoms with Gasteiger partial charge in [0.1, 0.15) is 5.69 Å². The van der Waals surface area contributed by atoms with Crippen LogP contribution in [-0.2, 0) is 11.5 Å². The van der Waals surface area contributed by atoms with Crippen molar-refractivity contribution in [1.82, 2.24) is 4.98 Å². The molecule has 5 heteroatoms. The molecule has 98 valence electrons. The zero-order valence-corrected chi connectivity index (χ0v) is 11.6. The first-order chi connectivity index (χ1) is 9.16. The normalized spacial score (nSPS) is 10.4. The Morgan fingerprint density at radius 3 is 2.79 bits per heavy atom. The first-order valence-electron chi connectivity index (χ1n) is 5.66. The monoisotopic (exact) mass is 293 g/mol. The summed E-state index contributed by atoms with van der Waals surface area (Å²) in [6.07, 6.45) is 1.52. The van der Waals surface area contributed by atoms with Crippen molar-refractivity contribution in [1.29, 1.82) is 0 Å². The lowest BCUT2D eigenvalue weighted by molar-refractivity contribution is 0.0690. The van der Waals surface area contributed by atoms with E-state index in [1.54, 1.807) is 17.8 Å². The van der Waals surface area contributed by atoms with Crippen LogP contribution in [0.2, 0.25) is 5.02 Å². The van der Waals surface area contributed by atoms with Gasteiger partial charge in [0.05, 0.1) is 0 Å². The van der Waals surface area contributed by atoms with E-state index in [2.05, 4.69) is 4.98 Å². The number of hydrogen-bond acceptors (Lipinski definition) is 3. The highest BCUT2D eigenvalue weighted by Gasteiger charge is 2.05. The number of rotatable bonds is 5. The second kappa shape index (κ2) is 6.59. The molecule has 0 radical (unpaired) electrons. The van der Waals surface area contributed by atoms with Gasteiger partial charge in [-0.25, -0.2) is 9.78 Å². The maximum absolute atomic E-state index is 10.8. The van der Waals surface area contributed by atoms with Crippen LogP contribution >= 0.6 is 23.4 Å². The van der Waals surface area contributed by atoms with E-state index >= 15 is 0 Å². The van der Waals surface area contributed by atoms with Crippen molar-refractivity contribution in [2.75, 3.05) is 0 Å². The number of hydrogen-bond donors (Lipinski definition) is 1. The lowest BCUT2D eigenvalue weighted by Gasteiger charge is -2.04. The van der Waals surface area contributed by atoms with Crippen LogP contribution in [0.3, 0.4) is 0 Å². The van der Waals surface area contributed by atoms with Crippen LogP contribution in [0.15, 0.2) is 42.6 Å². The quantitative estimate of drug-likeness (QED) is 0.909. The molecule has 1 N–H and O–H groups in total. The largest absolute Gasteiger partial charge is 0.477 e. The minimum Gasteiger partial charge on any atom is -0.477 e. The summed E-state index contributed by atoms with van der Waals surface area (Å²) >= 11 is 7.76. The Morgan fingerprint density at radius 1 is 1.26 bits per heavy atom.